The molecule has 0 spiro atoms. The molecular weight excluding hydrogens is 192 g/mol. The minimum atomic E-state index is 0.145. The molecule has 0 aliphatic carbocycles. The van der Waals surface area contributed by atoms with E-state index < -0.39 is 0 Å². The molecule has 0 bridgehead atoms. The molecule has 0 radical (unpaired) electrons. The first-order valence-electron chi connectivity index (χ1n) is 5.40. The molecule has 0 aromatic carbocycles. The molecule has 0 saturated carbocycles. The van der Waals surface area contributed by atoms with Crippen molar-refractivity contribution in [2.24, 2.45) is 5.92 Å². The van der Waals surface area contributed by atoms with E-state index in [1.165, 1.54) is 31.4 Å². The number of nitrogens with one attached hydrogen (secondary N) is 1. The number of thioether (sulfide) groups is 1. The quantitative estimate of drug-likeness (QED) is 0.599. The Labute approximate surface area is 92.5 Å². The molecule has 3 heteroatoms. The molecule has 2 nitrogen and oxygen atoms in total. The summed E-state index contributed by atoms with van der Waals surface area (Å²) in [7, 11) is 0. The standard InChI is InChI=1S/C11H22N2S/c1-11(9-12)10-13-7-5-3-4-6-8-14-2/h11,13H,3-8,10H2,1-2H3. The summed E-state index contributed by atoms with van der Waals surface area (Å²) < 4.78 is 0. The number of rotatable bonds is 9. The van der Waals surface area contributed by atoms with Crippen LogP contribution < -0.4 is 5.32 Å². The fraction of sp³-hybridized carbons (Fsp3) is 0.909. The molecule has 0 aromatic rings. The molecule has 0 aliphatic heterocycles. The fourth-order valence-corrected chi connectivity index (χ4v) is 1.71. The zero-order chi connectivity index (χ0) is 10.6. The van der Waals surface area contributed by atoms with Crippen LogP contribution in [0.15, 0.2) is 0 Å². The molecule has 0 heterocycles. The highest BCUT2D eigenvalue weighted by atomic mass is 32.2. The molecule has 1 atom stereocenters. The minimum Gasteiger partial charge on any atom is -0.315 e. The van der Waals surface area contributed by atoms with Crippen LogP contribution in [0.4, 0.5) is 0 Å². The van der Waals surface area contributed by atoms with E-state index in [0.717, 1.165) is 13.1 Å². The molecule has 0 aliphatic rings. The van der Waals surface area contributed by atoms with Gasteiger partial charge < -0.3 is 5.32 Å². The van der Waals surface area contributed by atoms with Crippen LogP contribution in [0.5, 0.6) is 0 Å². The van der Waals surface area contributed by atoms with Crippen molar-refractivity contribution in [3.63, 3.8) is 0 Å². The van der Waals surface area contributed by atoms with E-state index in [-0.39, 0.29) is 5.92 Å². The van der Waals surface area contributed by atoms with Gasteiger partial charge in [0, 0.05) is 6.54 Å². The third-order valence-corrected chi connectivity index (χ3v) is 2.82. The lowest BCUT2D eigenvalue weighted by Gasteiger charge is -2.05. The Kier molecular flexibility index (Phi) is 10.7. The van der Waals surface area contributed by atoms with Crippen LogP contribution in [0.25, 0.3) is 0 Å². The van der Waals surface area contributed by atoms with Crippen LogP contribution in [-0.2, 0) is 0 Å². The predicted molar refractivity (Wildman–Crippen MR) is 64.5 cm³/mol. The lowest BCUT2D eigenvalue weighted by molar-refractivity contribution is 0.561. The molecule has 14 heavy (non-hydrogen) atoms. The number of hydrogen-bond donors (Lipinski definition) is 1. The van der Waals surface area contributed by atoms with Gasteiger partial charge >= 0.3 is 0 Å². The van der Waals surface area contributed by atoms with Crippen molar-refractivity contribution < 1.29 is 0 Å². The third-order valence-electron chi connectivity index (χ3n) is 2.12. The Balaban J connectivity index is 2.96. The van der Waals surface area contributed by atoms with E-state index in [1.54, 1.807) is 0 Å². The Morgan fingerprint density at radius 1 is 1.29 bits per heavy atom. The highest BCUT2D eigenvalue weighted by molar-refractivity contribution is 7.98. The monoisotopic (exact) mass is 214 g/mol. The fourth-order valence-electron chi connectivity index (χ4n) is 1.21. The lowest BCUT2D eigenvalue weighted by atomic mass is 10.2. The number of hydrogen-bond acceptors (Lipinski definition) is 3. The van der Waals surface area contributed by atoms with Gasteiger partial charge in [-0.3, -0.25) is 0 Å². The van der Waals surface area contributed by atoms with Gasteiger partial charge in [0.1, 0.15) is 0 Å². The van der Waals surface area contributed by atoms with E-state index in [9.17, 15) is 0 Å². The van der Waals surface area contributed by atoms with Crippen LogP contribution >= 0.6 is 11.8 Å². The lowest BCUT2D eigenvalue weighted by Crippen LogP contribution is -2.21. The van der Waals surface area contributed by atoms with Crippen molar-refractivity contribution in [2.45, 2.75) is 32.6 Å². The largest absolute Gasteiger partial charge is 0.315 e. The average molecular weight is 214 g/mol. The average Bonchev–Trinajstić information content (AvgIpc) is 2.21. The highest BCUT2D eigenvalue weighted by Crippen LogP contribution is 2.03. The molecule has 0 amide bonds. The summed E-state index contributed by atoms with van der Waals surface area (Å²) >= 11 is 1.93. The number of unbranched alkanes of at least 4 members (excludes halogenated alkanes) is 3. The van der Waals surface area contributed by atoms with Crippen molar-refractivity contribution in [1.29, 1.82) is 5.26 Å². The Bertz CT molecular complexity index is 154. The molecule has 0 rings (SSSR count). The van der Waals surface area contributed by atoms with Crippen LogP contribution in [-0.4, -0.2) is 25.1 Å². The summed E-state index contributed by atoms with van der Waals surface area (Å²) in [6, 6.07) is 2.22. The Morgan fingerprint density at radius 2 is 2.00 bits per heavy atom. The van der Waals surface area contributed by atoms with E-state index in [4.69, 9.17) is 5.26 Å². The summed E-state index contributed by atoms with van der Waals surface area (Å²) in [5.74, 6) is 1.44. The van der Waals surface area contributed by atoms with E-state index in [0.29, 0.717) is 0 Å². The molecule has 82 valence electrons. The van der Waals surface area contributed by atoms with Crippen LogP contribution in [0.2, 0.25) is 0 Å². The van der Waals surface area contributed by atoms with Gasteiger partial charge in [0.2, 0.25) is 0 Å². The van der Waals surface area contributed by atoms with Gasteiger partial charge in [-0.15, -0.1) is 0 Å². The maximum Gasteiger partial charge on any atom is 0.0666 e. The minimum absolute atomic E-state index is 0.145. The van der Waals surface area contributed by atoms with Gasteiger partial charge in [-0.05, 0) is 38.3 Å². The molecule has 1 unspecified atom stereocenters. The molecule has 1 N–H and O–H groups in total. The first-order valence-corrected chi connectivity index (χ1v) is 6.80. The second-order valence-corrected chi connectivity index (χ2v) is 4.63. The van der Waals surface area contributed by atoms with Crippen LogP contribution in [0.3, 0.4) is 0 Å². The normalized spacial score (nSPS) is 12.4. The Hall–Kier alpha value is -0.200. The van der Waals surface area contributed by atoms with Gasteiger partial charge in [-0.2, -0.15) is 17.0 Å². The SMILES string of the molecule is CSCCCCCCNCC(C)C#N. The van der Waals surface area contributed by atoms with Crippen molar-refractivity contribution in [2.75, 3.05) is 25.1 Å². The second-order valence-electron chi connectivity index (χ2n) is 3.64. The zero-order valence-electron chi connectivity index (χ0n) is 9.38. The summed E-state index contributed by atoms with van der Waals surface area (Å²) in [5, 5.41) is 11.8. The predicted octanol–water partition coefficient (Wildman–Crippen LogP) is 2.66. The van der Waals surface area contributed by atoms with Gasteiger partial charge in [-0.25, -0.2) is 0 Å². The van der Waals surface area contributed by atoms with Crippen LogP contribution in [0.1, 0.15) is 32.6 Å². The van der Waals surface area contributed by atoms with Gasteiger partial charge in [0.15, 0.2) is 0 Å². The first-order chi connectivity index (χ1) is 6.81. The number of nitriles is 1. The van der Waals surface area contributed by atoms with E-state index in [2.05, 4.69) is 17.6 Å². The van der Waals surface area contributed by atoms with Crippen LogP contribution in [0, 0.1) is 17.2 Å². The summed E-state index contributed by atoms with van der Waals surface area (Å²) in [5.41, 5.74) is 0. The molecular formula is C11H22N2S. The highest BCUT2D eigenvalue weighted by Gasteiger charge is 1.96. The summed E-state index contributed by atoms with van der Waals surface area (Å²) in [4.78, 5) is 0. The molecule has 0 fully saturated rings. The Morgan fingerprint density at radius 3 is 2.64 bits per heavy atom. The van der Waals surface area contributed by atoms with Crippen molar-refractivity contribution in [1.82, 2.24) is 5.32 Å². The summed E-state index contributed by atoms with van der Waals surface area (Å²) in [6.07, 6.45) is 7.40. The topological polar surface area (TPSA) is 35.8 Å². The van der Waals surface area contributed by atoms with Gasteiger partial charge in [0.05, 0.1) is 12.0 Å². The van der Waals surface area contributed by atoms with Gasteiger partial charge in [0.25, 0.3) is 0 Å². The van der Waals surface area contributed by atoms with E-state index >= 15 is 0 Å². The van der Waals surface area contributed by atoms with Crippen molar-refractivity contribution in [3.8, 4) is 6.07 Å². The zero-order valence-corrected chi connectivity index (χ0v) is 10.2. The summed E-state index contributed by atoms with van der Waals surface area (Å²) in [6.45, 7) is 3.85. The smallest absolute Gasteiger partial charge is 0.0666 e. The first kappa shape index (κ1) is 13.8. The second kappa shape index (κ2) is 10.9. The third kappa shape index (κ3) is 9.88. The van der Waals surface area contributed by atoms with E-state index in [1.807, 2.05) is 18.7 Å². The van der Waals surface area contributed by atoms with Crippen molar-refractivity contribution >= 4 is 11.8 Å². The maximum atomic E-state index is 8.54. The van der Waals surface area contributed by atoms with Gasteiger partial charge in [-0.1, -0.05) is 12.8 Å². The number of nitrogens with zero attached hydrogens (tertiary/aromatic N) is 1. The molecule has 0 aromatic heterocycles. The maximum absolute atomic E-state index is 8.54. The molecule has 0 saturated heterocycles. The van der Waals surface area contributed by atoms with Crippen molar-refractivity contribution in [3.05, 3.63) is 0 Å².